The van der Waals surface area contributed by atoms with Crippen molar-refractivity contribution in [3.8, 4) is 0 Å². The number of carbonyl (C=O) groups is 4. The molecule has 6 aliphatic heterocycles. The van der Waals surface area contributed by atoms with Crippen molar-refractivity contribution in [2.45, 2.75) is 212 Å². The fourth-order valence-corrected chi connectivity index (χ4v) is 10.0. The van der Waals surface area contributed by atoms with E-state index in [9.17, 15) is 101 Å². The topological polar surface area (TPSA) is 542 Å². The number of nitrogens with one attached hydrogen (secondary N) is 4. The van der Waals surface area contributed by atoms with Gasteiger partial charge in [-0.3, -0.25) is 19.2 Å². The first-order valence-electron chi connectivity index (χ1n) is 25.1. The molecule has 0 aliphatic carbocycles. The predicted octanol–water partition coefficient (Wildman–Crippen LogP) is -13.5. The Balaban J connectivity index is 1.29. The van der Waals surface area contributed by atoms with E-state index in [1.165, 1.54) is 0 Å². The van der Waals surface area contributed by atoms with Crippen molar-refractivity contribution in [1.82, 2.24) is 21.3 Å². The van der Waals surface area contributed by atoms with E-state index in [0.29, 0.717) is 0 Å². The van der Waals surface area contributed by atoms with Crippen molar-refractivity contribution >= 4 is 23.6 Å². The third-order valence-corrected chi connectivity index (χ3v) is 14.0. The van der Waals surface area contributed by atoms with Gasteiger partial charge in [0, 0.05) is 27.7 Å². The minimum atomic E-state index is -2.27. The summed E-state index contributed by atoms with van der Waals surface area (Å²) in [7, 11) is 0. The van der Waals surface area contributed by atoms with E-state index in [1.807, 2.05) is 0 Å². The number of carbonyl (C=O) groups excluding carboxylic acids is 4. The number of hydrogen-bond acceptors (Lipinski definition) is 31. The predicted molar refractivity (Wildman–Crippen MR) is 246 cm³/mol. The Hall–Kier alpha value is -3.20. The summed E-state index contributed by atoms with van der Waals surface area (Å²) in [6.45, 7) is -1.55. The molecular weight excluding hydrogens is 1080 g/mol. The van der Waals surface area contributed by atoms with Gasteiger partial charge < -0.3 is 155 Å². The molecule has 0 spiro atoms. The highest BCUT2D eigenvalue weighted by atomic mass is 16.8. The third kappa shape index (κ3) is 14.8. The van der Waals surface area contributed by atoms with Crippen molar-refractivity contribution in [2.75, 3.05) is 39.6 Å². The second kappa shape index (κ2) is 28.4. The van der Waals surface area contributed by atoms with Gasteiger partial charge in [0.25, 0.3) is 0 Å². The quantitative estimate of drug-likeness (QED) is 0.0538. The van der Waals surface area contributed by atoms with Crippen LogP contribution in [0.15, 0.2) is 0 Å². The Bertz CT molecular complexity index is 1990. The summed E-state index contributed by atoms with van der Waals surface area (Å²) in [4.78, 5) is 49.1. The van der Waals surface area contributed by atoms with Gasteiger partial charge in [-0.1, -0.05) is 0 Å². The number of hydrogen-bond donors (Lipinski definition) is 20. The molecule has 20 N–H and O–H groups in total. The Kier molecular flexibility index (Phi) is 23.3. The molecule has 79 heavy (non-hydrogen) atoms. The maximum Gasteiger partial charge on any atom is 0.217 e. The number of aliphatic hydroxyl groups is 16. The number of ether oxygens (including phenoxy) is 11. The van der Waals surface area contributed by atoms with Crippen LogP contribution in [0, 0.1) is 0 Å². The summed E-state index contributed by atoms with van der Waals surface area (Å²) in [6, 6.07) is -6.61. The van der Waals surface area contributed by atoms with E-state index in [-0.39, 0.29) is 0 Å². The molecular formula is C44H74N4O31. The lowest BCUT2D eigenvalue weighted by atomic mass is 9.94. The molecule has 6 aliphatic rings. The van der Waals surface area contributed by atoms with Gasteiger partial charge in [0.2, 0.25) is 23.6 Å². The lowest BCUT2D eigenvalue weighted by Crippen LogP contribution is -2.70. The standard InChI is InChI=1S/C44H74N4O31/c1-11(54)45-21-31(64)35(18(8-52)70-39(21)68)76-44-34(67)38(28(61)20(75-44)10-69-40-22(46-12(2)55)29(62)25(58)15(5-49)71-40)79-42-24(48-14(4)57)32(65)36(19(9-53)74-42)77-43-33(66)37(27(60)17(7-51)73-43)78-41-23(47-13(3)56)30(63)26(59)16(6-50)72-41/h15-44,49-53,58-68H,5-10H2,1-4H3,(H,45,54)(H,46,55)(H,47,56)(H,48,57)/t15-,16-,17-,18-,19-,20-,21-,22-,23-,24-,25-,26-,27+,28+,29-,30-,31-,32-,33-,34-,35-,36-,37+,38+,39?,40-,41+,42+,43+,44+/m1/s1. The second-order valence-corrected chi connectivity index (χ2v) is 19.7. The molecule has 6 heterocycles. The van der Waals surface area contributed by atoms with Crippen LogP contribution in [0.25, 0.3) is 0 Å². The van der Waals surface area contributed by atoms with Crippen LogP contribution in [0.2, 0.25) is 0 Å². The second-order valence-electron chi connectivity index (χ2n) is 19.7. The van der Waals surface area contributed by atoms with Gasteiger partial charge in [-0.05, 0) is 0 Å². The van der Waals surface area contributed by atoms with Crippen molar-refractivity contribution in [2.24, 2.45) is 0 Å². The van der Waals surface area contributed by atoms with Gasteiger partial charge in [0.15, 0.2) is 37.7 Å². The average molecular weight is 1160 g/mol. The number of rotatable bonds is 20. The van der Waals surface area contributed by atoms with Gasteiger partial charge in [-0.2, -0.15) is 0 Å². The Labute approximate surface area is 448 Å². The summed E-state index contributed by atoms with van der Waals surface area (Å²) in [6.07, 6.45) is -49.2. The fraction of sp³-hybridized carbons (Fsp3) is 0.909. The molecule has 0 bridgehead atoms. The van der Waals surface area contributed by atoms with E-state index in [1.54, 1.807) is 0 Å². The van der Waals surface area contributed by atoms with Crippen molar-refractivity contribution < 1.29 is 153 Å². The van der Waals surface area contributed by atoms with Crippen molar-refractivity contribution in [1.29, 1.82) is 0 Å². The molecule has 35 nitrogen and oxygen atoms in total. The van der Waals surface area contributed by atoms with Gasteiger partial charge in [-0.15, -0.1) is 0 Å². The number of amides is 4. The van der Waals surface area contributed by atoms with Crippen LogP contribution < -0.4 is 21.3 Å². The maximum absolute atomic E-state index is 12.8. The molecule has 0 aromatic rings. The molecule has 30 atom stereocenters. The molecule has 6 fully saturated rings. The summed E-state index contributed by atoms with van der Waals surface area (Å²) in [5.74, 6) is -3.14. The first-order valence-corrected chi connectivity index (χ1v) is 25.1. The molecule has 6 saturated heterocycles. The van der Waals surface area contributed by atoms with Crippen molar-refractivity contribution in [3.63, 3.8) is 0 Å². The maximum atomic E-state index is 12.8. The van der Waals surface area contributed by atoms with Crippen LogP contribution in [-0.2, 0) is 71.3 Å². The smallest absolute Gasteiger partial charge is 0.217 e. The summed E-state index contributed by atoms with van der Waals surface area (Å²) < 4.78 is 63.9. The lowest BCUT2D eigenvalue weighted by molar-refractivity contribution is -0.384. The highest BCUT2D eigenvalue weighted by molar-refractivity contribution is 5.74. The Morgan fingerprint density at radius 1 is 0.329 bits per heavy atom. The van der Waals surface area contributed by atoms with Gasteiger partial charge in [-0.25, -0.2) is 0 Å². The number of aliphatic hydroxyl groups excluding tert-OH is 16. The molecule has 456 valence electrons. The normalized spacial score (nSPS) is 46.7. The fourth-order valence-electron chi connectivity index (χ4n) is 10.0. The minimum absolute atomic E-state index is 0.737. The van der Waals surface area contributed by atoms with Gasteiger partial charge in [0.1, 0.15) is 146 Å². The van der Waals surface area contributed by atoms with E-state index >= 15 is 0 Å². The van der Waals surface area contributed by atoms with Gasteiger partial charge >= 0.3 is 0 Å². The molecule has 0 radical (unpaired) electrons. The first kappa shape index (κ1) is 65.0. The molecule has 1 unspecified atom stereocenters. The van der Waals surface area contributed by atoms with Gasteiger partial charge in [0.05, 0.1) is 39.6 Å². The highest BCUT2D eigenvalue weighted by Gasteiger charge is 2.58. The average Bonchev–Trinajstić information content (AvgIpc) is 3.50. The summed E-state index contributed by atoms with van der Waals surface area (Å²) in [5.41, 5.74) is 0. The minimum Gasteiger partial charge on any atom is -0.394 e. The van der Waals surface area contributed by atoms with E-state index in [0.717, 1.165) is 27.7 Å². The zero-order valence-electron chi connectivity index (χ0n) is 42.8. The molecule has 0 saturated carbocycles. The van der Waals surface area contributed by atoms with E-state index in [2.05, 4.69) is 21.3 Å². The molecule has 6 rings (SSSR count). The van der Waals surface area contributed by atoms with Crippen molar-refractivity contribution in [3.05, 3.63) is 0 Å². The molecule has 35 heteroatoms. The van der Waals surface area contributed by atoms with Crippen LogP contribution in [0.1, 0.15) is 27.7 Å². The van der Waals surface area contributed by atoms with Crippen LogP contribution in [0.3, 0.4) is 0 Å². The SMILES string of the molecule is CC(=O)N[C@H]1[C@H](O[C@H]2[C@@H](O)[C@@H](CO[C@@H]3O[C@H](CO)[C@@H](O)[C@H](O)[C@H]3NC(C)=O)O[C@@H](O[C@H]3[C@H](O)[C@@H](NC(C)=O)C(O)O[C@@H]3CO)[C@@H]2O)O[C@H](CO)[C@@H](O[C@@H]2O[C@H](CO)[C@H](O)[C@H](O[C@@H]3O[C@H](CO)[C@@H](O)[C@H](O)[C@H]3NC(C)=O)[C@H]2O)[C@@H]1O. The largest absolute Gasteiger partial charge is 0.394 e. The van der Waals surface area contributed by atoms with E-state index in [4.69, 9.17) is 52.1 Å². The molecule has 4 amide bonds. The molecule has 0 aromatic heterocycles. The molecule has 0 aromatic carbocycles. The highest BCUT2D eigenvalue weighted by Crippen LogP contribution is 2.36. The zero-order valence-corrected chi connectivity index (χ0v) is 42.8. The monoisotopic (exact) mass is 1150 g/mol. The van der Waals surface area contributed by atoms with E-state index < -0.39 is 247 Å². The third-order valence-electron chi connectivity index (χ3n) is 14.0. The first-order chi connectivity index (χ1) is 37.3. The van der Waals surface area contributed by atoms with Crippen LogP contribution in [-0.4, -0.2) is 329 Å². The zero-order chi connectivity index (χ0) is 58.5. The van der Waals surface area contributed by atoms with Crippen LogP contribution in [0.4, 0.5) is 0 Å². The lowest BCUT2D eigenvalue weighted by Gasteiger charge is -2.50. The van der Waals surface area contributed by atoms with Crippen LogP contribution in [0.5, 0.6) is 0 Å². The van der Waals surface area contributed by atoms with Crippen LogP contribution >= 0.6 is 0 Å². The Morgan fingerprint density at radius 3 is 1.06 bits per heavy atom. The summed E-state index contributed by atoms with van der Waals surface area (Å²) >= 11 is 0. The Morgan fingerprint density at radius 2 is 0.633 bits per heavy atom. The summed E-state index contributed by atoms with van der Waals surface area (Å²) in [5, 5.41) is 184.